The fourth-order valence-electron chi connectivity index (χ4n) is 2.49. The van der Waals surface area contributed by atoms with Crippen LogP contribution in [0, 0.1) is 6.92 Å². The Morgan fingerprint density at radius 3 is 2.96 bits per heavy atom. The molecule has 4 aromatic rings. The lowest BCUT2D eigenvalue weighted by molar-refractivity contribution is 0.877. The molecule has 1 N–H and O–H groups in total. The third-order valence-electron chi connectivity index (χ3n) is 3.65. The fraction of sp³-hybridized carbons (Fsp3) is 0.118. The Balaban J connectivity index is 1.79. The number of anilines is 1. The zero-order valence-corrected chi connectivity index (χ0v) is 13.3. The smallest absolute Gasteiger partial charge is 0.282 e. The molecule has 23 heavy (non-hydrogen) atoms. The van der Waals surface area contributed by atoms with Gasteiger partial charge in [0.25, 0.3) is 5.56 Å². The van der Waals surface area contributed by atoms with Gasteiger partial charge in [-0.3, -0.25) is 4.79 Å². The molecule has 0 amide bonds. The number of benzene rings is 1. The molecule has 0 aliphatic heterocycles. The molecule has 0 aliphatic rings. The SMILES string of the molecule is Cc1ccc2nc3ccc(NCc4cccs4)nn3c(=O)c2c1. The molecule has 0 fully saturated rings. The van der Waals surface area contributed by atoms with Crippen LogP contribution in [0.4, 0.5) is 5.82 Å². The van der Waals surface area contributed by atoms with E-state index in [1.807, 2.05) is 48.7 Å². The van der Waals surface area contributed by atoms with Crippen LogP contribution < -0.4 is 10.9 Å². The van der Waals surface area contributed by atoms with E-state index in [2.05, 4.69) is 21.5 Å². The van der Waals surface area contributed by atoms with E-state index in [4.69, 9.17) is 0 Å². The molecule has 0 aliphatic carbocycles. The lowest BCUT2D eigenvalue weighted by Crippen LogP contribution is -2.19. The first-order chi connectivity index (χ1) is 11.2. The quantitative estimate of drug-likeness (QED) is 0.588. The van der Waals surface area contributed by atoms with Crippen molar-refractivity contribution in [3.05, 3.63) is 68.6 Å². The molecule has 5 nitrogen and oxygen atoms in total. The first kappa shape index (κ1) is 13.9. The number of aromatic nitrogens is 3. The van der Waals surface area contributed by atoms with Gasteiger partial charge in [-0.1, -0.05) is 17.7 Å². The van der Waals surface area contributed by atoms with Gasteiger partial charge in [-0.05, 0) is 42.6 Å². The molecule has 4 rings (SSSR count). The van der Waals surface area contributed by atoms with Gasteiger partial charge in [0.2, 0.25) is 0 Å². The fourth-order valence-corrected chi connectivity index (χ4v) is 3.14. The van der Waals surface area contributed by atoms with E-state index in [1.54, 1.807) is 11.3 Å². The molecule has 0 spiro atoms. The lowest BCUT2D eigenvalue weighted by atomic mass is 10.2. The van der Waals surface area contributed by atoms with Gasteiger partial charge >= 0.3 is 0 Å². The number of aryl methyl sites for hydroxylation is 1. The van der Waals surface area contributed by atoms with Crippen molar-refractivity contribution in [1.82, 2.24) is 14.6 Å². The van der Waals surface area contributed by atoms with Gasteiger partial charge in [-0.2, -0.15) is 4.52 Å². The molecule has 114 valence electrons. The number of thiophene rings is 1. The maximum absolute atomic E-state index is 12.7. The summed E-state index contributed by atoms with van der Waals surface area (Å²) in [5.41, 5.74) is 2.13. The van der Waals surface area contributed by atoms with Crippen molar-refractivity contribution in [2.45, 2.75) is 13.5 Å². The summed E-state index contributed by atoms with van der Waals surface area (Å²) in [5, 5.41) is 10.3. The number of nitrogens with zero attached hydrogens (tertiary/aromatic N) is 3. The normalized spacial score (nSPS) is 11.2. The zero-order chi connectivity index (χ0) is 15.8. The predicted octanol–water partition coefficient (Wildman–Crippen LogP) is 3.22. The summed E-state index contributed by atoms with van der Waals surface area (Å²) >= 11 is 1.68. The Morgan fingerprint density at radius 1 is 1.22 bits per heavy atom. The average molecular weight is 322 g/mol. The van der Waals surface area contributed by atoms with Crippen LogP contribution in [0.1, 0.15) is 10.4 Å². The first-order valence-corrected chi connectivity index (χ1v) is 8.15. The van der Waals surface area contributed by atoms with E-state index in [0.717, 1.165) is 5.56 Å². The Kier molecular flexibility index (Phi) is 3.31. The maximum atomic E-state index is 12.7. The van der Waals surface area contributed by atoms with E-state index >= 15 is 0 Å². The average Bonchev–Trinajstić information content (AvgIpc) is 3.08. The summed E-state index contributed by atoms with van der Waals surface area (Å²) < 4.78 is 1.36. The van der Waals surface area contributed by atoms with Gasteiger partial charge in [0.1, 0.15) is 5.82 Å². The van der Waals surface area contributed by atoms with Crippen LogP contribution in [-0.4, -0.2) is 14.6 Å². The maximum Gasteiger partial charge on any atom is 0.282 e. The highest BCUT2D eigenvalue weighted by Crippen LogP contribution is 2.14. The summed E-state index contributed by atoms with van der Waals surface area (Å²) in [5.74, 6) is 0.654. The van der Waals surface area contributed by atoms with Gasteiger partial charge in [0.05, 0.1) is 17.4 Å². The van der Waals surface area contributed by atoms with Crippen LogP contribution in [0.2, 0.25) is 0 Å². The molecule has 0 radical (unpaired) electrons. The third-order valence-corrected chi connectivity index (χ3v) is 4.53. The van der Waals surface area contributed by atoms with Crippen molar-refractivity contribution >= 4 is 33.7 Å². The Morgan fingerprint density at radius 2 is 2.13 bits per heavy atom. The van der Waals surface area contributed by atoms with Crippen LogP contribution in [0.25, 0.3) is 16.6 Å². The highest BCUT2D eigenvalue weighted by molar-refractivity contribution is 7.09. The second kappa shape index (κ2) is 5.48. The minimum atomic E-state index is -0.145. The minimum Gasteiger partial charge on any atom is -0.364 e. The molecule has 0 atom stereocenters. The first-order valence-electron chi connectivity index (χ1n) is 7.27. The van der Waals surface area contributed by atoms with Crippen LogP contribution in [0.3, 0.4) is 0 Å². The Hall–Kier alpha value is -2.73. The molecule has 0 unspecified atom stereocenters. The Labute approximate surface area is 136 Å². The highest BCUT2D eigenvalue weighted by Gasteiger charge is 2.07. The van der Waals surface area contributed by atoms with Crippen molar-refractivity contribution in [2.24, 2.45) is 0 Å². The number of rotatable bonds is 3. The van der Waals surface area contributed by atoms with E-state index in [1.165, 1.54) is 9.39 Å². The van der Waals surface area contributed by atoms with Crippen molar-refractivity contribution < 1.29 is 0 Å². The van der Waals surface area contributed by atoms with E-state index < -0.39 is 0 Å². The summed E-state index contributed by atoms with van der Waals surface area (Å²) in [4.78, 5) is 18.4. The van der Waals surface area contributed by atoms with Gasteiger partial charge in [0, 0.05) is 4.88 Å². The summed E-state index contributed by atoms with van der Waals surface area (Å²) in [6, 6.07) is 13.4. The van der Waals surface area contributed by atoms with Gasteiger partial charge in [-0.25, -0.2) is 4.98 Å². The third kappa shape index (κ3) is 2.57. The molecule has 3 heterocycles. The largest absolute Gasteiger partial charge is 0.364 e. The number of fused-ring (bicyclic) bond motifs is 2. The second-order valence-electron chi connectivity index (χ2n) is 5.36. The molecule has 0 saturated heterocycles. The molecule has 3 aromatic heterocycles. The van der Waals surface area contributed by atoms with Crippen molar-refractivity contribution in [3.8, 4) is 0 Å². The number of hydrogen-bond acceptors (Lipinski definition) is 5. The highest BCUT2D eigenvalue weighted by atomic mass is 32.1. The number of nitrogens with one attached hydrogen (secondary N) is 1. The van der Waals surface area contributed by atoms with Crippen molar-refractivity contribution in [3.63, 3.8) is 0 Å². The summed E-state index contributed by atoms with van der Waals surface area (Å²) in [6.45, 7) is 2.64. The molecule has 6 heteroatoms. The predicted molar refractivity (Wildman–Crippen MR) is 93.1 cm³/mol. The van der Waals surface area contributed by atoms with E-state index in [0.29, 0.717) is 28.9 Å². The van der Waals surface area contributed by atoms with Gasteiger partial charge in [-0.15, -0.1) is 16.4 Å². The summed E-state index contributed by atoms with van der Waals surface area (Å²) in [7, 11) is 0. The minimum absolute atomic E-state index is 0.145. The van der Waals surface area contributed by atoms with Gasteiger partial charge in [0.15, 0.2) is 5.65 Å². The molecular formula is C17H14N4OS. The molecular weight excluding hydrogens is 308 g/mol. The molecule has 0 bridgehead atoms. The van der Waals surface area contributed by atoms with E-state index in [-0.39, 0.29) is 5.56 Å². The van der Waals surface area contributed by atoms with E-state index in [9.17, 15) is 4.79 Å². The van der Waals surface area contributed by atoms with Crippen LogP contribution in [0.15, 0.2) is 52.6 Å². The monoisotopic (exact) mass is 322 g/mol. The standard InChI is InChI=1S/C17H14N4OS/c1-11-4-5-14-13(9-11)17(22)21-16(19-14)7-6-15(20-21)18-10-12-3-2-8-23-12/h2-9H,10H2,1H3,(H,18,20). The van der Waals surface area contributed by atoms with Crippen LogP contribution >= 0.6 is 11.3 Å². The zero-order valence-electron chi connectivity index (χ0n) is 12.5. The second-order valence-corrected chi connectivity index (χ2v) is 6.39. The van der Waals surface area contributed by atoms with Crippen LogP contribution in [0.5, 0.6) is 0 Å². The molecule has 1 aromatic carbocycles. The van der Waals surface area contributed by atoms with Crippen molar-refractivity contribution in [1.29, 1.82) is 0 Å². The van der Waals surface area contributed by atoms with Gasteiger partial charge < -0.3 is 5.32 Å². The van der Waals surface area contributed by atoms with Crippen LogP contribution in [-0.2, 0) is 6.54 Å². The summed E-state index contributed by atoms with van der Waals surface area (Å²) in [6.07, 6.45) is 0. The van der Waals surface area contributed by atoms with Crippen molar-refractivity contribution in [2.75, 3.05) is 5.32 Å². The Bertz CT molecular complexity index is 1050. The molecule has 0 saturated carbocycles. The topological polar surface area (TPSA) is 59.3 Å². The lowest BCUT2D eigenvalue weighted by Gasteiger charge is -2.07. The number of hydrogen-bond donors (Lipinski definition) is 1.